The summed E-state index contributed by atoms with van der Waals surface area (Å²) < 4.78 is 10.5. The molecule has 0 aliphatic carbocycles. The Morgan fingerprint density at radius 1 is 1.00 bits per heavy atom. The summed E-state index contributed by atoms with van der Waals surface area (Å²) in [6.45, 7) is 0.587. The topological polar surface area (TPSA) is 57.8 Å². The highest BCUT2D eigenvalue weighted by Gasteiger charge is 2.16. The smallest absolute Gasteiger partial charge is 0.168 e. The second kappa shape index (κ2) is 7.28. The molecule has 6 nitrogen and oxygen atoms in total. The fraction of sp³-hybridized carbons (Fsp3) is 0.105. The molecule has 2 aromatic heterocycles. The number of imidazole rings is 1. The van der Waals surface area contributed by atoms with Crippen LogP contribution >= 0.6 is 22.6 Å². The first-order valence-electron chi connectivity index (χ1n) is 8.05. The van der Waals surface area contributed by atoms with E-state index in [-0.39, 0.29) is 0 Å². The van der Waals surface area contributed by atoms with Crippen LogP contribution in [0.5, 0.6) is 5.75 Å². The molecule has 0 saturated heterocycles. The minimum absolute atomic E-state index is 0.587. The van der Waals surface area contributed by atoms with E-state index < -0.39 is 0 Å². The van der Waals surface area contributed by atoms with Crippen molar-refractivity contribution in [3.63, 3.8) is 0 Å². The molecule has 130 valence electrons. The molecule has 0 N–H and O–H groups in total. The summed E-state index contributed by atoms with van der Waals surface area (Å²) in [4.78, 5) is 4.11. The van der Waals surface area contributed by atoms with Crippen molar-refractivity contribution in [2.45, 2.75) is 6.54 Å². The van der Waals surface area contributed by atoms with Crippen LogP contribution in [-0.2, 0) is 6.54 Å². The van der Waals surface area contributed by atoms with Crippen molar-refractivity contribution in [1.29, 1.82) is 0 Å². The molecule has 0 aliphatic heterocycles. The second-order valence-corrected chi connectivity index (χ2v) is 6.96. The van der Waals surface area contributed by atoms with Crippen LogP contribution in [0.15, 0.2) is 67.3 Å². The van der Waals surface area contributed by atoms with Gasteiger partial charge in [-0.1, -0.05) is 12.1 Å². The van der Waals surface area contributed by atoms with Gasteiger partial charge in [0.15, 0.2) is 11.6 Å². The number of aromatic nitrogens is 5. The number of benzene rings is 2. The zero-order valence-corrected chi connectivity index (χ0v) is 16.2. The Morgan fingerprint density at radius 2 is 1.77 bits per heavy atom. The summed E-state index contributed by atoms with van der Waals surface area (Å²) in [6, 6.07) is 16.2. The van der Waals surface area contributed by atoms with Gasteiger partial charge in [-0.15, -0.1) is 10.2 Å². The molecule has 0 amide bonds. The van der Waals surface area contributed by atoms with E-state index in [0.29, 0.717) is 6.54 Å². The molecule has 4 aromatic rings. The highest BCUT2D eigenvalue weighted by Crippen LogP contribution is 2.25. The van der Waals surface area contributed by atoms with Gasteiger partial charge >= 0.3 is 0 Å². The van der Waals surface area contributed by atoms with Crippen molar-refractivity contribution >= 4 is 22.6 Å². The van der Waals surface area contributed by atoms with E-state index in [1.165, 1.54) is 3.57 Å². The van der Waals surface area contributed by atoms with Gasteiger partial charge in [0.2, 0.25) is 0 Å². The van der Waals surface area contributed by atoms with Gasteiger partial charge in [0.1, 0.15) is 5.75 Å². The first kappa shape index (κ1) is 16.8. The average molecular weight is 457 g/mol. The van der Waals surface area contributed by atoms with E-state index in [4.69, 9.17) is 4.74 Å². The average Bonchev–Trinajstić information content (AvgIpc) is 3.33. The van der Waals surface area contributed by atoms with Gasteiger partial charge in [0.25, 0.3) is 0 Å². The van der Waals surface area contributed by atoms with Crippen LogP contribution in [0.2, 0.25) is 0 Å². The minimum Gasteiger partial charge on any atom is -0.497 e. The Kier molecular flexibility index (Phi) is 4.70. The third-order valence-corrected chi connectivity index (χ3v) is 4.77. The maximum atomic E-state index is 5.28. The van der Waals surface area contributed by atoms with Crippen LogP contribution in [0, 0.1) is 3.57 Å². The fourth-order valence-corrected chi connectivity index (χ4v) is 3.11. The normalized spacial score (nSPS) is 10.8. The maximum absolute atomic E-state index is 5.28. The lowest BCUT2D eigenvalue weighted by Crippen LogP contribution is -2.07. The maximum Gasteiger partial charge on any atom is 0.168 e. The van der Waals surface area contributed by atoms with Crippen LogP contribution in [0.3, 0.4) is 0 Å². The van der Waals surface area contributed by atoms with Crippen molar-refractivity contribution in [1.82, 2.24) is 24.3 Å². The molecule has 0 fully saturated rings. The first-order valence-corrected chi connectivity index (χ1v) is 9.13. The lowest BCUT2D eigenvalue weighted by atomic mass is 10.2. The number of nitrogens with zero attached hydrogens (tertiary/aromatic N) is 5. The zero-order valence-electron chi connectivity index (χ0n) is 14.1. The number of halogens is 1. The second-order valence-electron chi connectivity index (χ2n) is 5.72. The van der Waals surface area contributed by atoms with Crippen LogP contribution in [-0.4, -0.2) is 31.4 Å². The zero-order chi connectivity index (χ0) is 17.9. The van der Waals surface area contributed by atoms with Crippen molar-refractivity contribution in [2.75, 3.05) is 7.11 Å². The number of methoxy groups -OCH3 is 1. The Bertz CT molecular complexity index is 992. The summed E-state index contributed by atoms with van der Waals surface area (Å²) in [7, 11) is 1.66. The number of hydrogen-bond acceptors (Lipinski definition) is 4. The number of hydrogen-bond donors (Lipinski definition) is 0. The van der Waals surface area contributed by atoms with Crippen LogP contribution in [0.25, 0.3) is 17.1 Å². The molecule has 4 rings (SSSR count). The summed E-state index contributed by atoms with van der Waals surface area (Å²) in [5, 5.41) is 8.90. The molecule has 0 radical (unpaired) electrons. The Balaban J connectivity index is 1.83. The fourth-order valence-electron chi connectivity index (χ4n) is 2.75. The van der Waals surface area contributed by atoms with E-state index in [0.717, 1.165) is 28.6 Å². The summed E-state index contributed by atoms with van der Waals surface area (Å²) >= 11 is 2.30. The van der Waals surface area contributed by atoms with E-state index in [1.54, 1.807) is 19.6 Å². The predicted molar refractivity (Wildman–Crippen MR) is 107 cm³/mol. The molecule has 26 heavy (non-hydrogen) atoms. The van der Waals surface area contributed by atoms with E-state index in [9.17, 15) is 0 Å². The third-order valence-electron chi connectivity index (χ3n) is 4.05. The SMILES string of the molecule is COc1ccc(-n2c(Cn3ccnc3)nnc2-c2ccc(I)cc2)cc1. The molecular weight excluding hydrogens is 441 g/mol. The van der Waals surface area contributed by atoms with Crippen molar-refractivity contribution in [3.8, 4) is 22.8 Å². The largest absolute Gasteiger partial charge is 0.497 e. The van der Waals surface area contributed by atoms with Gasteiger partial charge in [-0.3, -0.25) is 4.57 Å². The monoisotopic (exact) mass is 457 g/mol. The van der Waals surface area contributed by atoms with Crippen molar-refractivity contribution < 1.29 is 4.74 Å². The van der Waals surface area contributed by atoms with Crippen LogP contribution < -0.4 is 4.74 Å². The number of ether oxygens (including phenoxy) is 1. The van der Waals surface area contributed by atoms with E-state index >= 15 is 0 Å². The van der Waals surface area contributed by atoms with Gasteiger partial charge in [-0.25, -0.2) is 4.98 Å². The summed E-state index contributed by atoms with van der Waals surface area (Å²) in [6.07, 6.45) is 5.45. The molecule has 0 bridgehead atoms. The Morgan fingerprint density at radius 3 is 2.42 bits per heavy atom. The predicted octanol–water partition coefficient (Wildman–Crippen LogP) is 3.79. The molecular formula is C19H16IN5O. The third kappa shape index (κ3) is 3.34. The molecule has 0 atom stereocenters. The highest BCUT2D eigenvalue weighted by molar-refractivity contribution is 14.1. The molecule has 2 aromatic carbocycles. The van der Waals surface area contributed by atoms with Crippen LogP contribution in [0.1, 0.15) is 5.82 Å². The summed E-state index contributed by atoms with van der Waals surface area (Å²) in [5.74, 6) is 2.46. The first-order chi connectivity index (χ1) is 12.7. The molecule has 0 aliphatic rings. The molecule has 0 spiro atoms. The molecule has 7 heteroatoms. The Labute approximate surface area is 164 Å². The van der Waals surface area contributed by atoms with Gasteiger partial charge in [0, 0.05) is 27.2 Å². The minimum atomic E-state index is 0.587. The van der Waals surface area contributed by atoms with Gasteiger partial charge in [-0.05, 0) is 59.0 Å². The van der Waals surface area contributed by atoms with Crippen molar-refractivity contribution in [2.24, 2.45) is 0 Å². The quantitative estimate of drug-likeness (QED) is 0.428. The van der Waals surface area contributed by atoms with Crippen molar-refractivity contribution in [3.05, 3.63) is 76.6 Å². The molecule has 0 unspecified atom stereocenters. The highest BCUT2D eigenvalue weighted by atomic mass is 127. The van der Waals surface area contributed by atoms with E-state index in [1.807, 2.05) is 35.0 Å². The lowest BCUT2D eigenvalue weighted by molar-refractivity contribution is 0.414. The number of rotatable bonds is 5. The molecule has 0 saturated carbocycles. The van der Waals surface area contributed by atoms with Crippen LogP contribution in [0.4, 0.5) is 0 Å². The van der Waals surface area contributed by atoms with E-state index in [2.05, 4.69) is 66.6 Å². The molecule has 2 heterocycles. The lowest BCUT2D eigenvalue weighted by Gasteiger charge is -2.12. The Hall–Kier alpha value is -2.68. The van der Waals surface area contributed by atoms with Gasteiger partial charge in [0.05, 0.1) is 20.0 Å². The van der Waals surface area contributed by atoms with Gasteiger partial charge in [-0.2, -0.15) is 0 Å². The standard InChI is InChI=1S/C19H16IN5O/c1-26-17-8-6-16(7-9-17)25-18(12-24-11-10-21-13-24)22-23-19(25)14-2-4-15(20)5-3-14/h2-11,13H,12H2,1H3. The van der Waals surface area contributed by atoms with Gasteiger partial charge < -0.3 is 9.30 Å². The summed E-state index contributed by atoms with van der Waals surface area (Å²) in [5.41, 5.74) is 2.00.